The average Bonchev–Trinajstić information content (AvgIpc) is 2.88. The highest BCUT2D eigenvalue weighted by Gasteiger charge is 2.67. The third-order valence-electron chi connectivity index (χ3n) is 8.83. The lowest BCUT2D eigenvalue weighted by Crippen LogP contribution is -2.57. The minimum atomic E-state index is -0.322. The Hall–Kier alpha value is -1.10. The molecule has 0 radical (unpaired) electrons. The second-order valence-electron chi connectivity index (χ2n) is 10.0. The quantitative estimate of drug-likeness (QED) is 0.710. The summed E-state index contributed by atoms with van der Waals surface area (Å²) in [6, 6.07) is 6.62. The zero-order chi connectivity index (χ0) is 21.0. The van der Waals surface area contributed by atoms with Gasteiger partial charge in [0, 0.05) is 23.9 Å². The van der Waals surface area contributed by atoms with Crippen molar-refractivity contribution in [3.05, 3.63) is 29.3 Å². The van der Waals surface area contributed by atoms with Gasteiger partial charge < -0.3 is 19.3 Å². The van der Waals surface area contributed by atoms with E-state index in [9.17, 15) is 5.11 Å². The maximum Gasteiger partial charge on any atom is 0.155 e. The number of fused-ring (bicyclic) bond motifs is 5. The predicted molar refractivity (Wildman–Crippen MR) is 114 cm³/mol. The highest BCUT2D eigenvalue weighted by molar-refractivity contribution is 5.42. The fourth-order valence-electron chi connectivity index (χ4n) is 7.28. The second-order valence-corrected chi connectivity index (χ2v) is 10.0. The molecule has 0 aromatic heterocycles. The molecule has 1 N–H and O–H groups in total. The van der Waals surface area contributed by atoms with Crippen molar-refractivity contribution in [3.63, 3.8) is 0 Å². The maximum absolute atomic E-state index is 11.2. The molecule has 3 aliphatic rings. The summed E-state index contributed by atoms with van der Waals surface area (Å²) in [5.74, 6) is 2.47. The minimum absolute atomic E-state index is 0.0131. The molecule has 2 fully saturated rings. The monoisotopic (exact) mass is 402 g/mol. The number of ether oxygens (including phenoxy) is 3. The molecule has 8 atom stereocenters. The van der Waals surface area contributed by atoms with E-state index in [0.29, 0.717) is 30.8 Å². The number of benzene rings is 1. The Labute approximate surface area is 175 Å². The van der Waals surface area contributed by atoms with Gasteiger partial charge in [0.15, 0.2) is 6.29 Å². The summed E-state index contributed by atoms with van der Waals surface area (Å²) >= 11 is 0. The van der Waals surface area contributed by atoms with Crippen molar-refractivity contribution < 1.29 is 19.3 Å². The summed E-state index contributed by atoms with van der Waals surface area (Å²) in [6.07, 6.45) is 3.37. The molecule has 0 saturated heterocycles. The molecule has 0 bridgehead atoms. The molecule has 29 heavy (non-hydrogen) atoms. The van der Waals surface area contributed by atoms with Gasteiger partial charge in [0.2, 0.25) is 0 Å². The van der Waals surface area contributed by atoms with Crippen LogP contribution >= 0.6 is 0 Å². The summed E-state index contributed by atoms with van der Waals surface area (Å²) in [5.41, 5.74) is 2.71. The number of aliphatic hydroxyl groups excluding tert-OH is 1. The lowest BCUT2D eigenvalue weighted by Gasteiger charge is -2.60. The summed E-state index contributed by atoms with van der Waals surface area (Å²) < 4.78 is 17.7. The standard InChI is InChI=1S/C25H38O4/c1-7-28-16(3)29-22-14-21(26)24(4)11-10-20-19-9-8-18(27-6)13-17(19)12-15(2)23(20)25(22,24)5/h8-9,13,15-16,20-23,26H,7,10-12,14H2,1-6H3/t15-,16?,20-,21+,22-,23-,24-,25-/m1/s1. The zero-order valence-corrected chi connectivity index (χ0v) is 18.9. The number of hydrogen-bond acceptors (Lipinski definition) is 4. The van der Waals surface area contributed by atoms with E-state index in [1.807, 2.05) is 13.8 Å². The van der Waals surface area contributed by atoms with Gasteiger partial charge in [0.25, 0.3) is 0 Å². The molecule has 3 aliphatic carbocycles. The summed E-state index contributed by atoms with van der Waals surface area (Å²) in [5, 5.41) is 11.2. The number of aliphatic hydroxyl groups is 1. The molecule has 4 heteroatoms. The lowest BCUT2D eigenvalue weighted by atomic mass is 9.45. The second kappa shape index (κ2) is 7.55. The van der Waals surface area contributed by atoms with Crippen molar-refractivity contribution in [2.75, 3.05) is 13.7 Å². The lowest BCUT2D eigenvalue weighted by molar-refractivity contribution is -0.213. The first-order chi connectivity index (χ1) is 13.8. The third-order valence-corrected chi connectivity index (χ3v) is 8.83. The predicted octanol–water partition coefficient (Wildman–Crippen LogP) is 4.93. The van der Waals surface area contributed by atoms with Crippen LogP contribution in [-0.2, 0) is 15.9 Å². The topological polar surface area (TPSA) is 47.9 Å². The number of methoxy groups -OCH3 is 1. The van der Waals surface area contributed by atoms with Crippen molar-refractivity contribution in [2.24, 2.45) is 22.7 Å². The highest BCUT2D eigenvalue weighted by atomic mass is 16.7. The minimum Gasteiger partial charge on any atom is -0.497 e. The molecule has 1 aromatic rings. The van der Waals surface area contributed by atoms with Crippen LogP contribution in [0.1, 0.15) is 70.9 Å². The van der Waals surface area contributed by atoms with Crippen LogP contribution in [0.15, 0.2) is 18.2 Å². The van der Waals surface area contributed by atoms with Crippen LogP contribution in [0.4, 0.5) is 0 Å². The summed E-state index contributed by atoms with van der Waals surface area (Å²) in [6.45, 7) is 11.7. The largest absolute Gasteiger partial charge is 0.497 e. The summed E-state index contributed by atoms with van der Waals surface area (Å²) in [4.78, 5) is 0. The molecule has 162 valence electrons. The first-order valence-electron chi connectivity index (χ1n) is 11.4. The van der Waals surface area contributed by atoms with Crippen molar-refractivity contribution in [2.45, 2.75) is 84.7 Å². The molecule has 1 aromatic carbocycles. The summed E-state index contributed by atoms with van der Waals surface area (Å²) in [7, 11) is 1.74. The van der Waals surface area contributed by atoms with Gasteiger partial charge in [0.1, 0.15) is 5.75 Å². The first kappa shape index (κ1) is 21.1. The molecular formula is C25H38O4. The smallest absolute Gasteiger partial charge is 0.155 e. The maximum atomic E-state index is 11.2. The van der Waals surface area contributed by atoms with E-state index in [0.717, 1.165) is 25.0 Å². The Morgan fingerprint density at radius 1 is 1.28 bits per heavy atom. The Balaban J connectivity index is 1.74. The molecule has 0 aliphatic heterocycles. The first-order valence-corrected chi connectivity index (χ1v) is 11.4. The highest BCUT2D eigenvalue weighted by Crippen LogP contribution is 2.69. The zero-order valence-electron chi connectivity index (χ0n) is 18.9. The van der Waals surface area contributed by atoms with Crippen LogP contribution in [0.3, 0.4) is 0 Å². The number of hydrogen-bond donors (Lipinski definition) is 1. The molecule has 4 rings (SSSR count). The van der Waals surface area contributed by atoms with Gasteiger partial charge in [-0.15, -0.1) is 0 Å². The van der Waals surface area contributed by atoms with Crippen LogP contribution in [-0.4, -0.2) is 37.3 Å². The third kappa shape index (κ3) is 3.05. The van der Waals surface area contributed by atoms with E-state index in [2.05, 4.69) is 39.0 Å². The van der Waals surface area contributed by atoms with Crippen LogP contribution < -0.4 is 4.74 Å². The van der Waals surface area contributed by atoms with Gasteiger partial charge in [-0.3, -0.25) is 0 Å². The molecule has 1 unspecified atom stereocenters. The van der Waals surface area contributed by atoms with Gasteiger partial charge in [0.05, 0.1) is 19.3 Å². The molecular weight excluding hydrogens is 364 g/mol. The van der Waals surface area contributed by atoms with Gasteiger partial charge >= 0.3 is 0 Å². The van der Waals surface area contributed by atoms with E-state index in [1.165, 1.54) is 11.1 Å². The SMILES string of the molecule is CCOC(C)O[C@@H]1C[C@H](O)[C@@]2(C)CC[C@@H]3c4ccc(OC)cc4C[C@@H](C)[C@H]3[C@@]12C. The van der Waals surface area contributed by atoms with Gasteiger partial charge in [-0.25, -0.2) is 0 Å². The van der Waals surface area contributed by atoms with Crippen molar-refractivity contribution >= 4 is 0 Å². The van der Waals surface area contributed by atoms with E-state index >= 15 is 0 Å². The van der Waals surface area contributed by atoms with Crippen molar-refractivity contribution in [3.8, 4) is 5.75 Å². The molecule has 0 spiro atoms. The van der Waals surface area contributed by atoms with E-state index < -0.39 is 0 Å². The number of rotatable bonds is 5. The van der Waals surface area contributed by atoms with Crippen molar-refractivity contribution in [1.82, 2.24) is 0 Å². The Morgan fingerprint density at radius 3 is 2.72 bits per heavy atom. The fraction of sp³-hybridized carbons (Fsp3) is 0.760. The van der Waals surface area contributed by atoms with Gasteiger partial charge in [-0.1, -0.05) is 26.8 Å². The molecule has 0 amide bonds. The van der Waals surface area contributed by atoms with E-state index in [4.69, 9.17) is 14.2 Å². The fourth-order valence-corrected chi connectivity index (χ4v) is 7.28. The van der Waals surface area contributed by atoms with E-state index in [1.54, 1.807) is 7.11 Å². The van der Waals surface area contributed by atoms with Crippen molar-refractivity contribution in [1.29, 1.82) is 0 Å². The van der Waals surface area contributed by atoms with Gasteiger partial charge in [-0.05, 0) is 74.1 Å². The van der Waals surface area contributed by atoms with E-state index in [-0.39, 0.29) is 29.3 Å². The normalized spacial score (nSPS) is 42.0. The molecule has 4 nitrogen and oxygen atoms in total. The Kier molecular flexibility index (Phi) is 5.50. The Bertz CT molecular complexity index is 748. The van der Waals surface area contributed by atoms with Crippen LogP contribution in [0.5, 0.6) is 5.75 Å². The Morgan fingerprint density at radius 2 is 2.03 bits per heavy atom. The van der Waals surface area contributed by atoms with Crippen LogP contribution in [0.2, 0.25) is 0 Å². The average molecular weight is 403 g/mol. The van der Waals surface area contributed by atoms with Gasteiger partial charge in [-0.2, -0.15) is 0 Å². The van der Waals surface area contributed by atoms with Crippen LogP contribution in [0.25, 0.3) is 0 Å². The van der Waals surface area contributed by atoms with Crippen LogP contribution in [0, 0.1) is 22.7 Å². The molecule has 0 heterocycles. The molecule has 2 saturated carbocycles.